The summed E-state index contributed by atoms with van der Waals surface area (Å²) in [4.78, 5) is 0. The van der Waals surface area contributed by atoms with Crippen molar-refractivity contribution in [3.63, 3.8) is 0 Å². The highest BCUT2D eigenvalue weighted by molar-refractivity contribution is 6.93. The smallest absolute Gasteiger partial charge is 0.360 e. The van der Waals surface area contributed by atoms with E-state index in [4.69, 9.17) is 13.3 Å². The Morgan fingerprint density at radius 2 is 1.17 bits per heavy atom. The van der Waals surface area contributed by atoms with E-state index < -0.39 is 17.2 Å². The molecule has 0 unspecified atom stereocenters. The van der Waals surface area contributed by atoms with Crippen molar-refractivity contribution in [2.75, 3.05) is 25.6 Å². The van der Waals surface area contributed by atoms with Crippen molar-refractivity contribution in [3.05, 3.63) is 29.3 Å². The van der Waals surface area contributed by atoms with E-state index in [2.05, 4.69) is 69.8 Å². The Morgan fingerprint density at radius 3 is 1.42 bits per heavy atom. The van der Waals surface area contributed by atoms with Crippen molar-refractivity contribution in [2.24, 2.45) is 0 Å². The highest BCUT2D eigenvalue weighted by Crippen LogP contribution is 2.40. The molecule has 0 spiro atoms. The van der Waals surface area contributed by atoms with Gasteiger partial charge in [0, 0.05) is 27.0 Å². The summed E-state index contributed by atoms with van der Waals surface area (Å²) in [5.41, 5.74) is 3.90. The van der Waals surface area contributed by atoms with Crippen LogP contribution in [0, 0.1) is 0 Å². The van der Waals surface area contributed by atoms with Gasteiger partial charge in [0.25, 0.3) is 0 Å². The van der Waals surface area contributed by atoms with E-state index in [-0.39, 0.29) is 0 Å². The number of nitrogens with zero attached hydrogens (tertiary/aromatic N) is 1. The molecule has 1 aromatic rings. The van der Waals surface area contributed by atoms with E-state index in [1.54, 1.807) is 21.3 Å². The number of hydrogen-bond acceptors (Lipinski definition) is 4. The third-order valence-corrected chi connectivity index (χ3v) is 11.0. The maximum absolute atomic E-state index is 5.90. The first-order valence-electron chi connectivity index (χ1n) is 8.64. The molecule has 1 rings (SSSR count). The number of rotatable bonds is 8. The van der Waals surface area contributed by atoms with Crippen LogP contribution in [0.25, 0.3) is 0 Å². The lowest BCUT2D eigenvalue weighted by Gasteiger charge is -2.47. The van der Waals surface area contributed by atoms with E-state index >= 15 is 0 Å². The Morgan fingerprint density at radius 1 is 0.792 bits per heavy atom. The SMILES string of the molecule is CO[Si](OC)(OC)N(c1c(C(C)C)cccc1C(C)C)[Si](C)(C)C. The van der Waals surface area contributed by atoms with Gasteiger partial charge >= 0.3 is 8.97 Å². The van der Waals surface area contributed by atoms with Crippen molar-refractivity contribution in [1.29, 1.82) is 0 Å². The van der Waals surface area contributed by atoms with Crippen molar-refractivity contribution >= 4 is 22.9 Å². The van der Waals surface area contributed by atoms with E-state index in [9.17, 15) is 0 Å². The first-order valence-corrected chi connectivity index (χ1v) is 13.8. The molecule has 0 aliphatic heterocycles. The van der Waals surface area contributed by atoms with Crippen LogP contribution in [0.2, 0.25) is 19.6 Å². The highest BCUT2D eigenvalue weighted by atomic mass is 28.4. The van der Waals surface area contributed by atoms with Crippen molar-refractivity contribution < 1.29 is 13.3 Å². The standard InChI is InChI=1S/C18H35NO3Si2/c1-14(2)16-12-11-13-17(15(3)4)18(16)19(23(8,9)10)24(20-5,21-6)22-7/h11-15H,1-10H3. The maximum atomic E-state index is 5.90. The average Bonchev–Trinajstić information content (AvgIpc) is 2.50. The lowest BCUT2D eigenvalue weighted by Crippen LogP contribution is -2.68. The predicted molar refractivity (Wildman–Crippen MR) is 107 cm³/mol. The van der Waals surface area contributed by atoms with Gasteiger partial charge in [0.05, 0.1) is 0 Å². The summed E-state index contributed by atoms with van der Waals surface area (Å²) in [5, 5.41) is 0. The molecule has 0 fully saturated rings. The maximum Gasteiger partial charge on any atom is 0.624 e. The van der Waals surface area contributed by atoms with Crippen molar-refractivity contribution in [1.82, 2.24) is 0 Å². The minimum Gasteiger partial charge on any atom is -0.360 e. The molecule has 0 aliphatic carbocycles. The number of benzene rings is 1. The fraction of sp³-hybridized carbons (Fsp3) is 0.667. The normalized spacial score (nSPS) is 13.0. The van der Waals surface area contributed by atoms with E-state index in [1.807, 2.05) is 0 Å². The highest BCUT2D eigenvalue weighted by Gasteiger charge is 2.53. The minimum atomic E-state index is -2.98. The molecule has 0 N–H and O–H groups in total. The summed E-state index contributed by atoms with van der Waals surface area (Å²) in [7, 11) is 0.239. The summed E-state index contributed by atoms with van der Waals surface area (Å²) < 4.78 is 20.1. The molecule has 6 heteroatoms. The van der Waals surface area contributed by atoms with Crippen LogP contribution in [0.5, 0.6) is 0 Å². The van der Waals surface area contributed by atoms with Crippen molar-refractivity contribution in [2.45, 2.75) is 59.2 Å². The average molecular weight is 370 g/mol. The molecule has 0 radical (unpaired) electrons. The third-order valence-electron chi connectivity index (χ3n) is 4.28. The molecule has 0 atom stereocenters. The van der Waals surface area contributed by atoms with Gasteiger partial charge in [-0.3, -0.25) is 0 Å². The Balaban J connectivity index is 3.84. The zero-order chi connectivity index (χ0) is 18.7. The second-order valence-electron chi connectivity index (χ2n) is 7.74. The second kappa shape index (κ2) is 8.14. The van der Waals surface area contributed by atoms with Gasteiger partial charge in [-0.15, -0.1) is 0 Å². The predicted octanol–water partition coefficient (Wildman–Crippen LogP) is 4.95. The van der Waals surface area contributed by atoms with Gasteiger partial charge in [0.1, 0.15) is 8.24 Å². The van der Waals surface area contributed by atoms with Gasteiger partial charge in [-0.05, 0) is 23.0 Å². The van der Waals surface area contributed by atoms with Crippen LogP contribution in [0.3, 0.4) is 0 Å². The van der Waals surface area contributed by atoms with E-state index in [0.29, 0.717) is 11.8 Å². The minimum absolute atomic E-state index is 0.412. The summed E-state index contributed by atoms with van der Waals surface area (Å²) >= 11 is 0. The molecule has 0 heterocycles. The molecule has 0 saturated heterocycles. The van der Waals surface area contributed by atoms with Crippen molar-refractivity contribution in [3.8, 4) is 0 Å². The molecule has 1 aromatic carbocycles. The summed E-state index contributed by atoms with van der Waals surface area (Å²) in [6, 6.07) is 6.60. The molecular formula is C18H35NO3Si2. The van der Waals surface area contributed by atoms with Crippen LogP contribution in [-0.2, 0) is 13.3 Å². The summed E-state index contributed by atoms with van der Waals surface area (Å²) in [6.45, 7) is 15.9. The molecule has 4 nitrogen and oxygen atoms in total. The quantitative estimate of drug-likeness (QED) is 0.607. The zero-order valence-corrected chi connectivity index (χ0v) is 19.1. The van der Waals surface area contributed by atoms with Crippen LogP contribution < -0.4 is 4.23 Å². The van der Waals surface area contributed by atoms with E-state index in [0.717, 1.165) is 0 Å². The monoisotopic (exact) mass is 369 g/mol. The second-order valence-corrected chi connectivity index (χ2v) is 15.7. The van der Waals surface area contributed by atoms with Gasteiger partial charge in [-0.2, -0.15) is 0 Å². The molecule has 138 valence electrons. The Hall–Kier alpha value is -0.666. The summed E-state index contributed by atoms with van der Waals surface area (Å²) in [6.07, 6.45) is 0. The lowest BCUT2D eigenvalue weighted by atomic mass is 9.93. The Bertz CT molecular complexity index is 503. The number of hydrogen-bond donors (Lipinski definition) is 0. The first-order chi connectivity index (χ1) is 11.1. The molecule has 0 saturated carbocycles. The van der Waals surface area contributed by atoms with Gasteiger partial charge in [-0.1, -0.05) is 65.5 Å². The Kier molecular flexibility index (Phi) is 7.25. The molecule has 0 aliphatic rings. The fourth-order valence-corrected chi connectivity index (χ4v) is 9.79. The molecular weight excluding hydrogens is 334 g/mol. The van der Waals surface area contributed by atoms with Gasteiger partial charge < -0.3 is 17.5 Å². The van der Waals surface area contributed by atoms with Crippen LogP contribution in [0.1, 0.15) is 50.7 Å². The molecule has 0 amide bonds. The van der Waals surface area contributed by atoms with Crippen LogP contribution in [0.4, 0.5) is 5.69 Å². The largest absolute Gasteiger partial charge is 0.624 e. The third kappa shape index (κ3) is 4.11. The summed E-state index contributed by atoms with van der Waals surface area (Å²) in [5.74, 6) is 0.824. The van der Waals surface area contributed by atoms with Gasteiger partial charge in [-0.25, -0.2) is 0 Å². The Labute approximate surface area is 150 Å². The molecule has 0 aromatic heterocycles. The van der Waals surface area contributed by atoms with Gasteiger partial charge in [0.2, 0.25) is 0 Å². The molecule has 0 bridgehead atoms. The van der Waals surface area contributed by atoms with Gasteiger partial charge in [0.15, 0.2) is 0 Å². The van der Waals surface area contributed by atoms with E-state index in [1.165, 1.54) is 16.8 Å². The topological polar surface area (TPSA) is 30.9 Å². The van der Waals surface area contributed by atoms with Crippen LogP contribution >= 0.6 is 0 Å². The first kappa shape index (κ1) is 21.4. The number of para-hydroxylation sites is 1. The fourth-order valence-electron chi connectivity index (χ4n) is 3.18. The van der Waals surface area contributed by atoms with Crippen LogP contribution in [0.15, 0.2) is 18.2 Å². The lowest BCUT2D eigenvalue weighted by molar-refractivity contribution is 0.126. The van der Waals surface area contributed by atoms with Crippen LogP contribution in [-0.4, -0.2) is 38.5 Å². The number of anilines is 1. The zero-order valence-electron chi connectivity index (χ0n) is 17.1. The molecule has 24 heavy (non-hydrogen) atoms.